The molecule has 2 N–H and O–H groups in total. The molecule has 112 valence electrons. The quantitative estimate of drug-likeness (QED) is 0.849. The number of benzene rings is 1. The van der Waals surface area contributed by atoms with E-state index in [9.17, 15) is 9.59 Å². The molecule has 0 bridgehead atoms. The first-order valence-electron chi connectivity index (χ1n) is 7.06. The van der Waals surface area contributed by atoms with E-state index in [1.54, 1.807) is 16.7 Å². The van der Waals surface area contributed by atoms with Crippen LogP contribution >= 0.6 is 0 Å². The molecule has 0 unspecified atom stereocenters. The molecule has 1 aromatic carbocycles. The number of aryl methyl sites for hydroxylation is 1. The third-order valence-corrected chi connectivity index (χ3v) is 3.26. The first-order valence-corrected chi connectivity index (χ1v) is 7.06. The number of carboxylic acids is 1. The molecule has 0 saturated heterocycles. The number of carbonyl (C=O) groups is 2. The third kappa shape index (κ3) is 3.21. The largest absolute Gasteiger partial charge is 0.478 e. The number of nitrogens with one attached hydrogen (secondary N) is 1. The number of nitrogens with zero attached hydrogens (tertiary/aromatic N) is 2. The van der Waals surface area contributed by atoms with Crippen LogP contribution in [0.15, 0.2) is 18.2 Å². The predicted molar refractivity (Wildman–Crippen MR) is 79.4 cm³/mol. The van der Waals surface area contributed by atoms with Crippen molar-refractivity contribution in [1.82, 2.24) is 14.9 Å². The summed E-state index contributed by atoms with van der Waals surface area (Å²) in [6.45, 7) is 4.74. The van der Waals surface area contributed by atoms with Crippen LogP contribution in [0, 0.1) is 0 Å². The van der Waals surface area contributed by atoms with Crippen molar-refractivity contribution < 1.29 is 14.7 Å². The molecule has 0 radical (unpaired) electrons. The van der Waals surface area contributed by atoms with Crippen molar-refractivity contribution >= 4 is 22.9 Å². The molecular weight excluding hydrogens is 270 g/mol. The number of rotatable bonds is 6. The van der Waals surface area contributed by atoms with E-state index in [1.165, 1.54) is 6.07 Å². The highest BCUT2D eigenvalue weighted by molar-refractivity contribution is 5.93. The van der Waals surface area contributed by atoms with Gasteiger partial charge in [-0.1, -0.05) is 13.8 Å². The number of carbonyl (C=O) groups excluding carboxylic acids is 1. The van der Waals surface area contributed by atoms with Crippen molar-refractivity contribution in [2.75, 3.05) is 6.54 Å². The summed E-state index contributed by atoms with van der Waals surface area (Å²) in [6.07, 6.45) is 1.55. The van der Waals surface area contributed by atoms with Crippen molar-refractivity contribution in [2.24, 2.45) is 0 Å². The lowest BCUT2D eigenvalue weighted by atomic mass is 10.2. The fraction of sp³-hybridized carbons (Fsp3) is 0.400. The molecule has 6 nitrogen and oxygen atoms in total. The number of aromatic carboxylic acids is 1. The van der Waals surface area contributed by atoms with Crippen molar-refractivity contribution in [3.8, 4) is 0 Å². The molecule has 0 fully saturated rings. The maximum atomic E-state index is 11.9. The summed E-state index contributed by atoms with van der Waals surface area (Å²) in [5.74, 6) is -0.302. The number of hydrogen-bond donors (Lipinski definition) is 2. The first-order chi connectivity index (χ1) is 10.1. The van der Waals surface area contributed by atoms with Gasteiger partial charge in [0.2, 0.25) is 5.91 Å². The first kappa shape index (κ1) is 15.0. The summed E-state index contributed by atoms with van der Waals surface area (Å²) in [5.41, 5.74) is 1.58. The van der Waals surface area contributed by atoms with Crippen molar-refractivity contribution in [2.45, 2.75) is 33.2 Å². The van der Waals surface area contributed by atoms with Crippen molar-refractivity contribution in [1.29, 1.82) is 0 Å². The Hall–Kier alpha value is -2.37. The fourth-order valence-electron chi connectivity index (χ4n) is 2.22. The molecule has 1 amide bonds. The predicted octanol–water partition coefficient (Wildman–Crippen LogP) is 1.82. The summed E-state index contributed by atoms with van der Waals surface area (Å²) < 4.78 is 1.78. The Morgan fingerprint density at radius 3 is 2.71 bits per heavy atom. The van der Waals surface area contributed by atoms with Crippen LogP contribution < -0.4 is 5.32 Å². The van der Waals surface area contributed by atoms with Crippen LogP contribution in [0.4, 0.5) is 0 Å². The molecule has 0 spiro atoms. The van der Waals surface area contributed by atoms with Crippen LogP contribution in [0.25, 0.3) is 11.0 Å². The van der Waals surface area contributed by atoms with Gasteiger partial charge in [0.1, 0.15) is 12.4 Å². The van der Waals surface area contributed by atoms with E-state index >= 15 is 0 Å². The van der Waals surface area contributed by atoms with Gasteiger partial charge in [-0.05, 0) is 24.6 Å². The molecule has 6 heteroatoms. The van der Waals surface area contributed by atoms with Crippen molar-refractivity contribution in [3.63, 3.8) is 0 Å². The van der Waals surface area contributed by atoms with E-state index in [0.717, 1.165) is 12.2 Å². The normalized spacial score (nSPS) is 10.8. The summed E-state index contributed by atoms with van der Waals surface area (Å²) in [4.78, 5) is 27.5. The van der Waals surface area contributed by atoms with E-state index in [0.29, 0.717) is 24.0 Å². The minimum Gasteiger partial charge on any atom is -0.478 e. The lowest BCUT2D eigenvalue weighted by molar-refractivity contribution is -0.121. The average Bonchev–Trinajstić information content (AvgIpc) is 2.82. The smallest absolute Gasteiger partial charge is 0.335 e. The lowest BCUT2D eigenvalue weighted by Gasteiger charge is -2.08. The monoisotopic (exact) mass is 289 g/mol. The SMILES string of the molecule is CCCNC(=O)Cn1c(CC)nc2ccc(C(=O)O)cc21. The van der Waals surface area contributed by atoms with Gasteiger partial charge in [0.15, 0.2) is 0 Å². The Kier molecular flexibility index (Phi) is 4.57. The summed E-state index contributed by atoms with van der Waals surface area (Å²) in [7, 11) is 0. The van der Waals surface area contributed by atoms with E-state index in [2.05, 4.69) is 10.3 Å². The number of carboxylic acid groups (broad SMARTS) is 1. The van der Waals surface area contributed by atoms with Crippen LogP contribution in [-0.2, 0) is 17.8 Å². The molecule has 0 atom stereocenters. The number of hydrogen-bond acceptors (Lipinski definition) is 3. The summed E-state index contributed by atoms with van der Waals surface area (Å²) >= 11 is 0. The highest BCUT2D eigenvalue weighted by atomic mass is 16.4. The lowest BCUT2D eigenvalue weighted by Crippen LogP contribution is -2.28. The van der Waals surface area contributed by atoms with Gasteiger partial charge >= 0.3 is 5.97 Å². The molecule has 0 aliphatic carbocycles. The second-order valence-corrected chi connectivity index (χ2v) is 4.83. The van der Waals surface area contributed by atoms with Gasteiger partial charge in [-0.3, -0.25) is 4.79 Å². The van der Waals surface area contributed by atoms with Gasteiger partial charge in [-0.2, -0.15) is 0 Å². The van der Waals surface area contributed by atoms with Gasteiger partial charge in [0, 0.05) is 13.0 Å². The van der Waals surface area contributed by atoms with E-state index in [-0.39, 0.29) is 18.0 Å². The third-order valence-electron chi connectivity index (χ3n) is 3.26. The highest BCUT2D eigenvalue weighted by Crippen LogP contribution is 2.18. The van der Waals surface area contributed by atoms with Crippen molar-refractivity contribution in [3.05, 3.63) is 29.6 Å². The molecule has 2 rings (SSSR count). The standard InChI is InChI=1S/C15H19N3O3/c1-3-7-16-14(19)9-18-12-8-10(15(20)21)5-6-11(12)17-13(18)4-2/h5-6,8H,3-4,7,9H2,1-2H3,(H,16,19)(H,20,21). The minimum atomic E-state index is -0.988. The topological polar surface area (TPSA) is 84.2 Å². The number of fused-ring (bicyclic) bond motifs is 1. The average molecular weight is 289 g/mol. The van der Waals surface area contributed by atoms with Gasteiger partial charge in [-0.25, -0.2) is 9.78 Å². The Balaban J connectivity index is 2.41. The van der Waals surface area contributed by atoms with Gasteiger partial charge < -0.3 is 15.0 Å². The Morgan fingerprint density at radius 1 is 1.33 bits per heavy atom. The number of aromatic nitrogens is 2. The Bertz CT molecular complexity index is 676. The van der Waals surface area contributed by atoms with Crippen LogP contribution in [0.3, 0.4) is 0 Å². The summed E-state index contributed by atoms with van der Waals surface area (Å²) in [6, 6.07) is 4.77. The van der Waals surface area contributed by atoms with E-state index in [1.807, 2.05) is 13.8 Å². The maximum absolute atomic E-state index is 11.9. The second-order valence-electron chi connectivity index (χ2n) is 4.83. The number of amides is 1. The molecule has 0 aliphatic heterocycles. The Labute approximate surface area is 122 Å². The Morgan fingerprint density at radius 2 is 2.10 bits per heavy atom. The van der Waals surface area contributed by atoms with E-state index < -0.39 is 5.97 Å². The maximum Gasteiger partial charge on any atom is 0.335 e. The van der Waals surface area contributed by atoms with Crippen LogP contribution in [-0.4, -0.2) is 33.1 Å². The molecule has 1 heterocycles. The van der Waals surface area contributed by atoms with E-state index in [4.69, 9.17) is 5.11 Å². The van der Waals surface area contributed by atoms with Gasteiger partial charge in [-0.15, -0.1) is 0 Å². The molecule has 0 aliphatic rings. The summed E-state index contributed by atoms with van der Waals surface area (Å²) in [5, 5.41) is 11.9. The molecule has 21 heavy (non-hydrogen) atoms. The number of imidazole rings is 1. The highest BCUT2D eigenvalue weighted by Gasteiger charge is 2.14. The molecule has 0 saturated carbocycles. The van der Waals surface area contributed by atoms with Gasteiger partial charge in [0.25, 0.3) is 0 Å². The van der Waals surface area contributed by atoms with Crippen LogP contribution in [0.2, 0.25) is 0 Å². The van der Waals surface area contributed by atoms with Gasteiger partial charge in [0.05, 0.1) is 16.6 Å². The zero-order valence-electron chi connectivity index (χ0n) is 12.2. The second kappa shape index (κ2) is 6.39. The van der Waals surface area contributed by atoms with Crippen LogP contribution in [0.1, 0.15) is 36.5 Å². The molecular formula is C15H19N3O3. The zero-order valence-corrected chi connectivity index (χ0v) is 12.2. The molecule has 2 aromatic rings. The zero-order chi connectivity index (χ0) is 15.4. The van der Waals surface area contributed by atoms with Crippen LogP contribution in [0.5, 0.6) is 0 Å². The fourth-order valence-corrected chi connectivity index (χ4v) is 2.22. The molecule has 1 aromatic heterocycles. The minimum absolute atomic E-state index is 0.0911.